The van der Waals surface area contributed by atoms with Gasteiger partial charge in [-0.25, -0.2) is 8.42 Å². The SMILES string of the molecule is C=CCN(CC=C)S(=O)(=O)c1ccc(C(=O)N=c2sc3c(OC)ccc(OC)c3n2CCC)cc1. The molecular formula is C25H29N3O5S2. The molecular weight excluding hydrogens is 486 g/mol. The van der Waals surface area contributed by atoms with E-state index < -0.39 is 15.9 Å². The number of aryl methyl sites for hydroxylation is 1. The second-order valence-corrected chi connectivity index (χ2v) is 10.4. The third kappa shape index (κ3) is 5.39. The summed E-state index contributed by atoms with van der Waals surface area (Å²) in [6.07, 6.45) is 3.85. The predicted molar refractivity (Wildman–Crippen MR) is 139 cm³/mol. The molecule has 186 valence electrons. The van der Waals surface area contributed by atoms with Crippen molar-refractivity contribution in [3.63, 3.8) is 0 Å². The van der Waals surface area contributed by atoms with Gasteiger partial charge < -0.3 is 14.0 Å². The van der Waals surface area contributed by atoms with Gasteiger partial charge in [0.25, 0.3) is 5.91 Å². The normalized spacial score (nSPS) is 12.2. The fourth-order valence-electron chi connectivity index (χ4n) is 3.60. The monoisotopic (exact) mass is 515 g/mol. The van der Waals surface area contributed by atoms with Gasteiger partial charge in [0, 0.05) is 25.2 Å². The summed E-state index contributed by atoms with van der Waals surface area (Å²) in [5, 5.41) is 0. The minimum absolute atomic E-state index is 0.0788. The molecule has 8 nitrogen and oxygen atoms in total. The highest BCUT2D eigenvalue weighted by Gasteiger charge is 2.23. The average Bonchev–Trinajstić information content (AvgIpc) is 3.21. The molecule has 3 rings (SSSR count). The highest BCUT2D eigenvalue weighted by Crippen LogP contribution is 2.35. The smallest absolute Gasteiger partial charge is 0.279 e. The van der Waals surface area contributed by atoms with Gasteiger partial charge in [0.15, 0.2) is 4.80 Å². The molecule has 0 aliphatic heterocycles. The van der Waals surface area contributed by atoms with Crippen LogP contribution in [0.25, 0.3) is 10.2 Å². The quantitative estimate of drug-likeness (QED) is 0.357. The van der Waals surface area contributed by atoms with E-state index in [1.807, 2.05) is 23.6 Å². The molecule has 3 aromatic rings. The molecule has 2 aromatic carbocycles. The van der Waals surface area contributed by atoms with Crippen LogP contribution in [0.1, 0.15) is 23.7 Å². The highest BCUT2D eigenvalue weighted by atomic mass is 32.2. The van der Waals surface area contributed by atoms with E-state index in [9.17, 15) is 13.2 Å². The van der Waals surface area contributed by atoms with Crippen LogP contribution in [0, 0.1) is 0 Å². The molecule has 10 heteroatoms. The number of ether oxygens (including phenoxy) is 2. The second-order valence-electron chi connectivity index (χ2n) is 7.52. The maximum Gasteiger partial charge on any atom is 0.279 e. The molecule has 1 amide bonds. The first-order valence-corrected chi connectivity index (χ1v) is 13.2. The van der Waals surface area contributed by atoms with Crippen LogP contribution in [0.5, 0.6) is 11.5 Å². The van der Waals surface area contributed by atoms with Crippen LogP contribution in [0.4, 0.5) is 0 Å². The van der Waals surface area contributed by atoms with Crippen LogP contribution in [-0.4, -0.2) is 50.5 Å². The van der Waals surface area contributed by atoms with Crippen LogP contribution in [0.2, 0.25) is 0 Å². The van der Waals surface area contributed by atoms with Gasteiger partial charge >= 0.3 is 0 Å². The summed E-state index contributed by atoms with van der Waals surface area (Å²) >= 11 is 1.34. The summed E-state index contributed by atoms with van der Waals surface area (Å²) < 4.78 is 40.9. The average molecular weight is 516 g/mol. The Kier molecular flexibility index (Phi) is 8.66. The maximum atomic E-state index is 13.0. The molecule has 0 aliphatic rings. The highest BCUT2D eigenvalue weighted by molar-refractivity contribution is 7.89. The summed E-state index contributed by atoms with van der Waals surface area (Å²) in [5.74, 6) is 0.859. The Balaban J connectivity index is 2.04. The van der Waals surface area contributed by atoms with E-state index in [-0.39, 0.29) is 23.5 Å². The minimum atomic E-state index is -3.75. The Labute approximate surface area is 209 Å². The van der Waals surface area contributed by atoms with E-state index in [2.05, 4.69) is 18.2 Å². The summed E-state index contributed by atoms with van der Waals surface area (Å²) in [7, 11) is -0.568. The maximum absolute atomic E-state index is 13.0. The van der Waals surface area contributed by atoms with Crippen LogP contribution >= 0.6 is 11.3 Å². The fraction of sp³-hybridized carbons (Fsp3) is 0.280. The molecule has 0 fully saturated rings. The van der Waals surface area contributed by atoms with Gasteiger partial charge in [-0.15, -0.1) is 13.2 Å². The molecule has 0 atom stereocenters. The summed E-state index contributed by atoms with van der Waals surface area (Å²) in [6, 6.07) is 9.41. The van der Waals surface area contributed by atoms with Gasteiger partial charge in [0.2, 0.25) is 10.0 Å². The van der Waals surface area contributed by atoms with Gasteiger partial charge in [-0.2, -0.15) is 9.30 Å². The van der Waals surface area contributed by atoms with Crippen molar-refractivity contribution in [3.05, 3.63) is 72.1 Å². The standard InChI is InChI=1S/C25H29N3O5S2/c1-6-15-27(16-7-2)35(30,31)19-11-9-18(10-12-19)24(29)26-25-28(17-8-3)22-20(32-4)13-14-21(33-5)23(22)34-25/h6-7,9-14H,1-2,8,15-17H2,3-5H3. The first-order valence-electron chi connectivity index (χ1n) is 11.0. The number of fused-ring (bicyclic) bond motifs is 1. The number of hydrogen-bond acceptors (Lipinski definition) is 6. The number of amides is 1. The number of rotatable bonds is 11. The lowest BCUT2D eigenvalue weighted by Gasteiger charge is -2.19. The molecule has 0 radical (unpaired) electrons. The number of thiazole rings is 1. The van der Waals surface area contributed by atoms with Gasteiger partial charge in [-0.05, 0) is 42.8 Å². The second kappa shape index (κ2) is 11.5. The van der Waals surface area contributed by atoms with Crippen molar-refractivity contribution in [2.75, 3.05) is 27.3 Å². The van der Waals surface area contributed by atoms with Crippen molar-refractivity contribution in [3.8, 4) is 11.5 Å². The minimum Gasteiger partial charge on any atom is -0.495 e. The van der Waals surface area contributed by atoms with Crippen LogP contribution < -0.4 is 14.3 Å². The van der Waals surface area contributed by atoms with E-state index in [4.69, 9.17) is 9.47 Å². The van der Waals surface area contributed by atoms with Crippen LogP contribution in [0.15, 0.2) is 71.6 Å². The Morgan fingerprint density at radius 1 is 1.06 bits per heavy atom. The fourth-order valence-corrected chi connectivity index (χ4v) is 6.14. The number of nitrogens with zero attached hydrogens (tertiary/aromatic N) is 3. The first kappa shape index (κ1) is 26.4. The van der Waals surface area contributed by atoms with Crippen molar-refractivity contribution < 1.29 is 22.7 Å². The third-order valence-electron chi connectivity index (χ3n) is 5.24. The molecule has 0 saturated heterocycles. The molecule has 0 bridgehead atoms. The van der Waals surface area contributed by atoms with Crippen molar-refractivity contribution in [1.29, 1.82) is 0 Å². The number of carbonyl (C=O) groups is 1. The zero-order valence-electron chi connectivity index (χ0n) is 20.1. The predicted octanol–water partition coefficient (Wildman–Crippen LogP) is 4.23. The zero-order chi connectivity index (χ0) is 25.6. The van der Waals surface area contributed by atoms with Crippen molar-refractivity contribution in [1.82, 2.24) is 8.87 Å². The lowest BCUT2D eigenvalue weighted by molar-refractivity contribution is 0.0997. The van der Waals surface area contributed by atoms with Gasteiger partial charge in [-0.3, -0.25) is 4.79 Å². The van der Waals surface area contributed by atoms with Crippen molar-refractivity contribution in [2.45, 2.75) is 24.8 Å². The van der Waals surface area contributed by atoms with Gasteiger partial charge in [0.05, 0.1) is 19.1 Å². The number of benzene rings is 2. The first-order chi connectivity index (χ1) is 16.8. The van der Waals surface area contributed by atoms with E-state index in [1.54, 1.807) is 14.2 Å². The molecule has 0 saturated carbocycles. The number of hydrogen-bond donors (Lipinski definition) is 0. The molecule has 1 aromatic heterocycles. The van der Waals surface area contributed by atoms with Gasteiger partial charge in [0.1, 0.15) is 21.7 Å². The topological polar surface area (TPSA) is 90.2 Å². The number of methoxy groups -OCH3 is 2. The van der Waals surface area contributed by atoms with Crippen molar-refractivity contribution >= 4 is 37.5 Å². The Morgan fingerprint density at radius 2 is 1.66 bits per heavy atom. The van der Waals surface area contributed by atoms with Crippen LogP contribution in [-0.2, 0) is 16.6 Å². The molecule has 0 unspecified atom stereocenters. The summed E-state index contributed by atoms with van der Waals surface area (Å²) in [5.41, 5.74) is 1.10. The lowest BCUT2D eigenvalue weighted by Crippen LogP contribution is -2.31. The molecule has 35 heavy (non-hydrogen) atoms. The Morgan fingerprint density at radius 3 is 2.20 bits per heavy atom. The van der Waals surface area contributed by atoms with E-state index in [0.717, 1.165) is 16.6 Å². The summed E-state index contributed by atoms with van der Waals surface area (Å²) in [4.78, 5) is 18.0. The lowest BCUT2D eigenvalue weighted by atomic mass is 10.2. The number of aromatic nitrogens is 1. The Hall–Kier alpha value is -3.21. The van der Waals surface area contributed by atoms with E-state index in [0.29, 0.717) is 22.8 Å². The molecule has 1 heterocycles. The van der Waals surface area contributed by atoms with Crippen molar-refractivity contribution in [2.24, 2.45) is 4.99 Å². The molecule has 0 N–H and O–H groups in total. The number of carbonyl (C=O) groups excluding carboxylic acids is 1. The zero-order valence-corrected chi connectivity index (χ0v) is 21.7. The largest absolute Gasteiger partial charge is 0.495 e. The molecule has 0 aliphatic carbocycles. The van der Waals surface area contributed by atoms with E-state index in [1.165, 1.54) is 52.1 Å². The summed E-state index contributed by atoms with van der Waals surface area (Å²) in [6.45, 7) is 10.2. The van der Waals surface area contributed by atoms with E-state index >= 15 is 0 Å². The third-order valence-corrected chi connectivity index (χ3v) is 8.18. The Bertz CT molecular complexity index is 1390. The molecule has 0 spiro atoms. The van der Waals surface area contributed by atoms with Crippen LogP contribution in [0.3, 0.4) is 0 Å². The number of sulfonamides is 1. The van der Waals surface area contributed by atoms with Gasteiger partial charge in [-0.1, -0.05) is 30.4 Å².